The van der Waals surface area contributed by atoms with Crippen molar-refractivity contribution < 1.29 is 9.90 Å². The zero-order chi connectivity index (χ0) is 19.1. The molecule has 2 aliphatic rings. The van der Waals surface area contributed by atoms with Crippen molar-refractivity contribution in [1.29, 1.82) is 0 Å². The lowest BCUT2D eigenvalue weighted by Gasteiger charge is -2.43. The van der Waals surface area contributed by atoms with Gasteiger partial charge in [-0.15, -0.1) is 0 Å². The van der Waals surface area contributed by atoms with E-state index in [1.807, 2.05) is 19.1 Å². The molecule has 1 atom stereocenters. The van der Waals surface area contributed by atoms with Crippen LogP contribution in [0.15, 0.2) is 18.3 Å². The highest BCUT2D eigenvalue weighted by atomic mass is 16.3. The lowest BCUT2D eigenvalue weighted by atomic mass is 9.88. The summed E-state index contributed by atoms with van der Waals surface area (Å²) >= 11 is 0. The van der Waals surface area contributed by atoms with Crippen LogP contribution in [0, 0.1) is 5.92 Å². The van der Waals surface area contributed by atoms with Crippen LogP contribution in [-0.4, -0.2) is 66.3 Å². The van der Waals surface area contributed by atoms with Crippen molar-refractivity contribution in [3.63, 3.8) is 0 Å². The molecular weight excluding hydrogens is 340 g/mol. The van der Waals surface area contributed by atoms with Crippen molar-refractivity contribution in [3.8, 4) is 0 Å². The first kappa shape index (κ1) is 20.1. The van der Waals surface area contributed by atoms with E-state index in [-0.39, 0.29) is 12.5 Å². The molecule has 3 rings (SSSR count). The van der Waals surface area contributed by atoms with E-state index in [1.165, 1.54) is 38.6 Å². The number of nitrogens with zero attached hydrogens (tertiary/aromatic N) is 3. The quantitative estimate of drug-likeness (QED) is 0.766. The number of rotatable bonds is 7. The van der Waals surface area contributed by atoms with Gasteiger partial charge in [0.1, 0.15) is 5.82 Å². The average Bonchev–Trinajstić information content (AvgIpc) is 2.70. The fourth-order valence-corrected chi connectivity index (χ4v) is 4.44. The molecule has 6 heteroatoms. The highest BCUT2D eigenvalue weighted by Gasteiger charge is 2.29. The molecule has 1 aromatic heterocycles. The van der Waals surface area contributed by atoms with E-state index < -0.39 is 0 Å². The van der Waals surface area contributed by atoms with Gasteiger partial charge < -0.3 is 15.3 Å². The summed E-state index contributed by atoms with van der Waals surface area (Å²) in [5.74, 6) is 1.66. The second-order valence-corrected chi connectivity index (χ2v) is 7.88. The number of anilines is 1. The number of aliphatic hydroxyl groups is 1. The van der Waals surface area contributed by atoms with E-state index in [9.17, 15) is 9.90 Å². The van der Waals surface area contributed by atoms with Crippen LogP contribution >= 0.6 is 0 Å². The van der Waals surface area contributed by atoms with E-state index in [0.29, 0.717) is 18.2 Å². The van der Waals surface area contributed by atoms with Crippen molar-refractivity contribution in [2.24, 2.45) is 5.92 Å². The second kappa shape index (κ2) is 10.0. The predicted octanol–water partition coefficient (Wildman–Crippen LogP) is 2.28. The van der Waals surface area contributed by atoms with Gasteiger partial charge in [-0.05, 0) is 44.2 Å². The van der Waals surface area contributed by atoms with Crippen LogP contribution in [0.25, 0.3) is 0 Å². The first-order valence-corrected chi connectivity index (χ1v) is 10.6. The molecule has 2 fully saturated rings. The smallest absolute Gasteiger partial charge is 0.252 e. The first-order valence-electron chi connectivity index (χ1n) is 10.6. The van der Waals surface area contributed by atoms with Gasteiger partial charge in [-0.1, -0.05) is 19.3 Å². The molecule has 1 aliphatic carbocycles. The third-order valence-corrected chi connectivity index (χ3v) is 5.96. The summed E-state index contributed by atoms with van der Waals surface area (Å²) < 4.78 is 0. The van der Waals surface area contributed by atoms with Crippen LogP contribution in [0.5, 0.6) is 0 Å². The average molecular weight is 375 g/mol. The SMILES string of the molecule is CCNC(=O)c1ccc(N2CCN(CC3CCCCC3)C(CCO)C2)nc1. The molecule has 0 radical (unpaired) electrons. The summed E-state index contributed by atoms with van der Waals surface area (Å²) in [6.45, 7) is 6.77. The van der Waals surface area contributed by atoms with E-state index in [4.69, 9.17) is 0 Å². The molecule has 1 aromatic rings. The van der Waals surface area contributed by atoms with Crippen molar-refractivity contribution >= 4 is 11.7 Å². The number of nitrogens with one attached hydrogen (secondary N) is 1. The fraction of sp³-hybridized carbons (Fsp3) is 0.714. The van der Waals surface area contributed by atoms with Crippen molar-refractivity contribution in [2.75, 3.05) is 44.2 Å². The topological polar surface area (TPSA) is 68.7 Å². The number of hydrogen-bond acceptors (Lipinski definition) is 5. The highest BCUT2D eigenvalue weighted by molar-refractivity contribution is 5.93. The van der Waals surface area contributed by atoms with E-state index in [2.05, 4.69) is 20.1 Å². The molecule has 150 valence electrons. The summed E-state index contributed by atoms with van der Waals surface area (Å²) in [6.07, 6.45) is 9.32. The molecule has 1 unspecified atom stereocenters. The van der Waals surface area contributed by atoms with Gasteiger partial charge in [-0.3, -0.25) is 9.69 Å². The number of aliphatic hydroxyl groups excluding tert-OH is 1. The number of pyridine rings is 1. The molecule has 1 aliphatic heterocycles. The molecule has 6 nitrogen and oxygen atoms in total. The maximum Gasteiger partial charge on any atom is 0.252 e. The van der Waals surface area contributed by atoms with Gasteiger partial charge in [0.15, 0.2) is 0 Å². The number of amides is 1. The molecule has 2 heterocycles. The zero-order valence-electron chi connectivity index (χ0n) is 16.6. The lowest BCUT2D eigenvalue weighted by molar-refractivity contribution is 0.0955. The first-order chi connectivity index (χ1) is 13.2. The lowest BCUT2D eigenvalue weighted by Crippen LogP contribution is -2.55. The van der Waals surface area contributed by atoms with Gasteiger partial charge in [0.2, 0.25) is 0 Å². The van der Waals surface area contributed by atoms with Gasteiger partial charge in [-0.2, -0.15) is 0 Å². The minimum Gasteiger partial charge on any atom is -0.396 e. The number of aromatic nitrogens is 1. The Labute approximate surface area is 163 Å². The molecule has 27 heavy (non-hydrogen) atoms. The monoisotopic (exact) mass is 374 g/mol. The van der Waals surface area contributed by atoms with Gasteiger partial charge in [0.25, 0.3) is 5.91 Å². The third kappa shape index (κ3) is 5.42. The highest BCUT2D eigenvalue weighted by Crippen LogP contribution is 2.27. The third-order valence-electron chi connectivity index (χ3n) is 5.96. The number of piperazine rings is 1. The van der Waals surface area contributed by atoms with Crippen LogP contribution in [0.3, 0.4) is 0 Å². The summed E-state index contributed by atoms with van der Waals surface area (Å²) in [7, 11) is 0. The summed E-state index contributed by atoms with van der Waals surface area (Å²) in [4.78, 5) is 21.3. The Kier molecular flexibility index (Phi) is 7.47. The number of carbonyl (C=O) groups is 1. The molecule has 0 spiro atoms. The maximum atomic E-state index is 11.9. The largest absolute Gasteiger partial charge is 0.396 e. The Hall–Kier alpha value is -1.66. The molecule has 1 saturated carbocycles. The van der Waals surface area contributed by atoms with Crippen LogP contribution in [0.1, 0.15) is 55.8 Å². The normalized spacial score (nSPS) is 22.0. The minimum atomic E-state index is -0.0768. The Morgan fingerprint density at radius 2 is 2.07 bits per heavy atom. The van der Waals surface area contributed by atoms with Gasteiger partial charge in [0, 0.05) is 51.6 Å². The minimum absolute atomic E-state index is 0.0768. The molecule has 1 amide bonds. The Morgan fingerprint density at radius 1 is 1.26 bits per heavy atom. The van der Waals surface area contributed by atoms with E-state index in [0.717, 1.165) is 37.8 Å². The molecular formula is C21H34N4O2. The summed E-state index contributed by atoms with van der Waals surface area (Å²) in [5, 5.41) is 12.3. The predicted molar refractivity (Wildman–Crippen MR) is 108 cm³/mol. The fourth-order valence-electron chi connectivity index (χ4n) is 4.44. The number of hydrogen-bond donors (Lipinski definition) is 2. The van der Waals surface area contributed by atoms with Crippen LogP contribution in [0.4, 0.5) is 5.82 Å². The Bertz CT molecular complexity index is 586. The maximum absolute atomic E-state index is 11.9. The van der Waals surface area contributed by atoms with Gasteiger partial charge in [-0.25, -0.2) is 4.98 Å². The van der Waals surface area contributed by atoms with Gasteiger partial charge in [0.05, 0.1) is 5.56 Å². The standard InChI is InChI=1S/C21H34N4O2/c1-2-22-21(27)18-8-9-20(23-14-18)25-12-11-24(19(16-25)10-13-26)15-17-6-4-3-5-7-17/h8-9,14,17,19,26H,2-7,10-13,15-16H2,1H3,(H,22,27). The van der Waals surface area contributed by atoms with Crippen LogP contribution < -0.4 is 10.2 Å². The molecule has 0 bridgehead atoms. The van der Waals surface area contributed by atoms with Crippen molar-refractivity contribution in [1.82, 2.24) is 15.2 Å². The van der Waals surface area contributed by atoms with Gasteiger partial charge >= 0.3 is 0 Å². The second-order valence-electron chi connectivity index (χ2n) is 7.88. The molecule has 2 N–H and O–H groups in total. The zero-order valence-corrected chi connectivity index (χ0v) is 16.6. The summed E-state index contributed by atoms with van der Waals surface area (Å²) in [5.41, 5.74) is 0.600. The van der Waals surface area contributed by atoms with Crippen molar-refractivity contribution in [3.05, 3.63) is 23.9 Å². The van der Waals surface area contributed by atoms with Crippen molar-refractivity contribution in [2.45, 2.75) is 51.5 Å². The Morgan fingerprint density at radius 3 is 2.74 bits per heavy atom. The van der Waals surface area contributed by atoms with Crippen LogP contribution in [-0.2, 0) is 0 Å². The summed E-state index contributed by atoms with van der Waals surface area (Å²) in [6, 6.07) is 4.16. The van der Waals surface area contributed by atoms with E-state index in [1.54, 1.807) is 6.20 Å². The molecule has 1 saturated heterocycles. The van der Waals surface area contributed by atoms with E-state index >= 15 is 0 Å². The number of carbonyl (C=O) groups excluding carboxylic acids is 1. The molecule has 0 aromatic carbocycles. The Balaban J connectivity index is 1.60. The van der Waals surface area contributed by atoms with Crippen LogP contribution in [0.2, 0.25) is 0 Å².